The van der Waals surface area contributed by atoms with Crippen molar-refractivity contribution in [1.82, 2.24) is 10.3 Å². The first kappa shape index (κ1) is 15.1. The fourth-order valence-electron chi connectivity index (χ4n) is 1.46. The van der Waals surface area contributed by atoms with Crippen LogP contribution in [0.2, 0.25) is 0 Å². The molecule has 2 N–H and O–H groups in total. The Balaban J connectivity index is 2.84. The van der Waals surface area contributed by atoms with E-state index in [0.717, 1.165) is 12.8 Å². The summed E-state index contributed by atoms with van der Waals surface area (Å²) in [6, 6.07) is 1.64. The highest BCUT2D eigenvalue weighted by atomic mass is 16.2. The van der Waals surface area contributed by atoms with Gasteiger partial charge in [0.15, 0.2) is 0 Å². The molecular formula is C14H21N3O2. The lowest BCUT2D eigenvalue weighted by molar-refractivity contribution is -0.119. The van der Waals surface area contributed by atoms with E-state index in [0.29, 0.717) is 17.8 Å². The Morgan fingerprint density at radius 3 is 2.74 bits per heavy atom. The maximum absolute atomic E-state index is 11.9. The summed E-state index contributed by atoms with van der Waals surface area (Å²) >= 11 is 0. The second-order valence-corrected chi connectivity index (χ2v) is 4.48. The Hall–Kier alpha value is -1.91. The molecule has 2 amide bonds. The standard InChI is InChI=1S/C14H21N3O2/c1-4-7-16-14(19)11-9-15-8-6-12(11)17-13(18)10(3)5-2/h6,8-10H,4-5,7H2,1-3H3,(H,16,19)(H,15,17,18). The number of nitrogens with one attached hydrogen (secondary N) is 2. The summed E-state index contributed by atoms with van der Waals surface area (Å²) in [6.07, 6.45) is 4.65. The first-order valence-electron chi connectivity index (χ1n) is 6.63. The van der Waals surface area contributed by atoms with E-state index in [4.69, 9.17) is 0 Å². The van der Waals surface area contributed by atoms with Crippen molar-refractivity contribution in [3.8, 4) is 0 Å². The highest BCUT2D eigenvalue weighted by Crippen LogP contribution is 2.15. The Labute approximate surface area is 113 Å². The van der Waals surface area contributed by atoms with E-state index in [1.807, 2.05) is 20.8 Å². The molecule has 0 aliphatic heterocycles. The zero-order valence-corrected chi connectivity index (χ0v) is 11.7. The average molecular weight is 263 g/mol. The quantitative estimate of drug-likeness (QED) is 0.826. The van der Waals surface area contributed by atoms with Crippen LogP contribution in [-0.2, 0) is 4.79 Å². The molecule has 5 nitrogen and oxygen atoms in total. The Morgan fingerprint density at radius 2 is 2.11 bits per heavy atom. The van der Waals surface area contributed by atoms with Gasteiger partial charge in [-0.05, 0) is 18.9 Å². The van der Waals surface area contributed by atoms with Crippen molar-refractivity contribution in [2.45, 2.75) is 33.6 Å². The SMILES string of the molecule is CCCNC(=O)c1cnccc1NC(=O)C(C)CC. The van der Waals surface area contributed by atoms with Crippen LogP contribution in [0, 0.1) is 5.92 Å². The Morgan fingerprint density at radius 1 is 1.37 bits per heavy atom. The molecule has 5 heteroatoms. The second-order valence-electron chi connectivity index (χ2n) is 4.48. The Kier molecular flexibility index (Phi) is 5.99. The van der Waals surface area contributed by atoms with Crippen molar-refractivity contribution in [2.24, 2.45) is 5.92 Å². The van der Waals surface area contributed by atoms with Gasteiger partial charge in [0, 0.05) is 24.9 Å². The zero-order chi connectivity index (χ0) is 14.3. The molecule has 0 spiro atoms. The van der Waals surface area contributed by atoms with E-state index in [9.17, 15) is 9.59 Å². The molecule has 0 aliphatic carbocycles. The summed E-state index contributed by atoms with van der Waals surface area (Å²) in [5.74, 6) is -0.382. The number of nitrogens with zero attached hydrogens (tertiary/aromatic N) is 1. The minimum absolute atomic E-state index is 0.0836. The van der Waals surface area contributed by atoms with Gasteiger partial charge in [0.25, 0.3) is 5.91 Å². The minimum atomic E-state index is -0.214. The highest BCUT2D eigenvalue weighted by molar-refractivity contribution is 6.03. The summed E-state index contributed by atoms with van der Waals surface area (Å²) in [6.45, 7) is 6.39. The summed E-state index contributed by atoms with van der Waals surface area (Å²) < 4.78 is 0. The molecule has 0 aliphatic rings. The van der Waals surface area contributed by atoms with Crippen molar-refractivity contribution in [3.63, 3.8) is 0 Å². The van der Waals surface area contributed by atoms with Crippen molar-refractivity contribution >= 4 is 17.5 Å². The molecule has 104 valence electrons. The number of amides is 2. The Bertz CT molecular complexity index is 446. The topological polar surface area (TPSA) is 71.1 Å². The van der Waals surface area contributed by atoms with Gasteiger partial charge in [-0.25, -0.2) is 0 Å². The van der Waals surface area contributed by atoms with Gasteiger partial charge in [0.05, 0.1) is 11.3 Å². The van der Waals surface area contributed by atoms with Gasteiger partial charge in [0.1, 0.15) is 0 Å². The predicted octanol–water partition coefficient (Wildman–Crippen LogP) is 2.21. The van der Waals surface area contributed by atoms with Gasteiger partial charge >= 0.3 is 0 Å². The number of aromatic nitrogens is 1. The summed E-state index contributed by atoms with van der Waals surface area (Å²) in [5.41, 5.74) is 0.904. The minimum Gasteiger partial charge on any atom is -0.352 e. The maximum atomic E-state index is 11.9. The largest absolute Gasteiger partial charge is 0.352 e. The molecule has 0 fully saturated rings. The van der Waals surface area contributed by atoms with Crippen LogP contribution in [-0.4, -0.2) is 23.3 Å². The van der Waals surface area contributed by atoms with Crippen LogP contribution in [0.4, 0.5) is 5.69 Å². The molecule has 1 unspecified atom stereocenters. The molecule has 0 saturated heterocycles. The van der Waals surface area contributed by atoms with Crippen molar-refractivity contribution < 1.29 is 9.59 Å². The number of rotatable bonds is 6. The first-order chi connectivity index (χ1) is 9.10. The van der Waals surface area contributed by atoms with Gasteiger partial charge < -0.3 is 10.6 Å². The number of carbonyl (C=O) groups is 2. The maximum Gasteiger partial charge on any atom is 0.254 e. The van der Waals surface area contributed by atoms with Crippen LogP contribution >= 0.6 is 0 Å². The van der Waals surface area contributed by atoms with Crippen molar-refractivity contribution in [1.29, 1.82) is 0 Å². The smallest absolute Gasteiger partial charge is 0.254 e. The van der Waals surface area contributed by atoms with E-state index in [-0.39, 0.29) is 17.7 Å². The number of hydrogen-bond acceptors (Lipinski definition) is 3. The highest BCUT2D eigenvalue weighted by Gasteiger charge is 2.15. The third-order valence-electron chi connectivity index (χ3n) is 2.92. The lowest BCUT2D eigenvalue weighted by atomic mass is 10.1. The van der Waals surface area contributed by atoms with Crippen LogP contribution in [0.5, 0.6) is 0 Å². The second kappa shape index (κ2) is 7.51. The van der Waals surface area contributed by atoms with Crippen molar-refractivity contribution in [2.75, 3.05) is 11.9 Å². The van der Waals surface area contributed by atoms with E-state index in [1.54, 1.807) is 12.3 Å². The average Bonchev–Trinajstić information content (AvgIpc) is 2.44. The van der Waals surface area contributed by atoms with Crippen molar-refractivity contribution in [3.05, 3.63) is 24.0 Å². The van der Waals surface area contributed by atoms with E-state index >= 15 is 0 Å². The molecular weight excluding hydrogens is 242 g/mol. The summed E-state index contributed by atoms with van der Waals surface area (Å²) in [7, 11) is 0. The molecule has 1 heterocycles. The molecule has 1 aromatic rings. The van der Waals surface area contributed by atoms with Gasteiger partial charge in [-0.2, -0.15) is 0 Å². The van der Waals surface area contributed by atoms with Gasteiger partial charge in [0.2, 0.25) is 5.91 Å². The van der Waals surface area contributed by atoms with Crippen LogP contribution in [0.15, 0.2) is 18.5 Å². The molecule has 0 bridgehead atoms. The van der Waals surface area contributed by atoms with Crippen LogP contribution in [0.1, 0.15) is 44.0 Å². The zero-order valence-electron chi connectivity index (χ0n) is 11.7. The molecule has 1 rings (SSSR count). The van der Waals surface area contributed by atoms with E-state index in [2.05, 4.69) is 15.6 Å². The third kappa shape index (κ3) is 4.35. The number of pyridine rings is 1. The summed E-state index contributed by atoms with van der Waals surface area (Å²) in [4.78, 5) is 27.7. The number of hydrogen-bond donors (Lipinski definition) is 2. The fourth-order valence-corrected chi connectivity index (χ4v) is 1.46. The lowest BCUT2D eigenvalue weighted by Gasteiger charge is -2.13. The fraction of sp³-hybridized carbons (Fsp3) is 0.500. The van der Waals surface area contributed by atoms with Gasteiger partial charge in [-0.3, -0.25) is 14.6 Å². The van der Waals surface area contributed by atoms with Crippen LogP contribution in [0.25, 0.3) is 0 Å². The van der Waals surface area contributed by atoms with Crippen LogP contribution < -0.4 is 10.6 Å². The van der Waals surface area contributed by atoms with E-state index in [1.165, 1.54) is 6.20 Å². The summed E-state index contributed by atoms with van der Waals surface area (Å²) in [5, 5.41) is 5.55. The monoisotopic (exact) mass is 263 g/mol. The molecule has 0 aromatic carbocycles. The van der Waals surface area contributed by atoms with E-state index < -0.39 is 0 Å². The van der Waals surface area contributed by atoms with Gasteiger partial charge in [-0.15, -0.1) is 0 Å². The predicted molar refractivity (Wildman–Crippen MR) is 74.9 cm³/mol. The first-order valence-corrected chi connectivity index (χ1v) is 6.63. The molecule has 0 radical (unpaired) electrons. The normalized spacial score (nSPS) is 11.7. The van der Waals surface area contributed by atoms with Gasteiger partial charge in [-0.1, -0.05) is 20.8 Å². The molecule has 1 aromatic heterocycles. The third-order valence-corrected chi connectivity index (χ3v) is 2.92. The van der Waals surface area contributed by atoms with Crippen LogP contribution in [0.3, 0.4) is 0 Å². The molecule has 0 saturated carbocycles. The lowest BCUT2D eigenvalue weighted by Crippen LogP contribution is -2.27. The number of anilines is 1. The molecule has 1 atom stereocenters. The molecule has 19 heavy (non-hydrogen) atoms. The number of carbonyl (C=O) groups excluding carboxylic acids is 2.